The van der Waals surface area contributed by atoms with Crippen LogP contribution in [0.5, 0.6) is 0 Å². The summed E-state index contributed by atoms with van der Waals surface area (Å²) in [6, 6.07) is 0. The van der Waals surface area contributed by atoms with Gasteiger partial charge in [-0.25, -0.2) is 4.98 Å². The highest BCUT2D eigenvalue weighted by atomic mass is 32.2. The van der Waals surface area contributed by atoms with Crippen molar-refractivity contribution in [1.82, 2.24) is 9.55 Å². The summed E-state index contributed by atoms with van der Waals surface area (Å²) in [5, 5.41) is 2.29. The Balaban J connectivity index is 2.06. The van der Waals surface area contributed by atoms with Crippen LogP contribution in [0, 0.1) is 0 Å². The van der Waals surface area contributed by atoms with Crippen LogP contribution in [-0.2, 0) is 18.7 Å². The second kappa shape index (κ2) is 4.02. The van der Waals surface area contributed by atoms with E-state index in [0.29, 0.717) is 5.25 Å². The zero-order valence-electron chi connectivity index (χ0n) is 9.93. The van der Waals surface area contributed by atoms with Crippen molar-refractivity contribution in [3.05, 3.63) is 20.8 Å². The zero-order chi connectivity index (χ0) is 12.3. The van der Waals surface area contributed by atoms with E-state index in [4.69, 9.17) is 4.98 Å². The standard InChI is InChI=1S/C12H12N2OS3/c1-6-4-14-11(15)9-7-2-3-16-5-8(7)18-10(9)13-12(14)17-6/h6H,2-5H2,1H3. The van der Waals surface area contributed by atoms with Gasteiger partial charge in [0.1, 0.15) is 4.83 Å². The molecule has 0 aliphatic carbocycles. The Bertz CT molecular complexity index is 703. The maximum Gasteiger partial charge on any atom is 0.263 e. The number of hydrogen-bond acceptors (Lipinski definition) is 5. The lowest BCUT2D eigenvalue weighted by Gasteiger charge is -2.10. The molecule has 0 radical (unpaired) electrons. The lowest BCUT2D eigenvalue weighted by atomic mass is 10.1. The van der Waals surface area contributed by atoms with Crippen molar-refractivity contribution < 1.29 is 0 Å². The Labute approximate surface area is 117 Å². The molecule has 4 rings (SSSR count). The minimum atomic E-state index is 0.191. The fourth-order valence-electron chi connectivity index (χ4n) is 2.61. The van der Waals surface area contributed by atoms with Crippen molar-refractivity contribution in [2.24, 2.45) is 0 Å². The third-order valence-corrected chi connectivity index (χ3v) is 6.80. The van der Waals surface area contributed by atoms with E-state index < -0.39 is 0 Å². The summed E-state index contributed by atoms with van der Waals surface area (Å²) >= 11 is 5.40. The van der Waals surface area contributed by atoms with E-state index >= 15 is 0 Å². The molecular formula is C12H12N2OS3. The second-order valence-electron chi connectivity index (χ2n) is 4.73. The first kappa shape index (κ1) is 11.4. The number of thioether (sulfide) groups is 2. The molecule has 0 spiro atoms. The van der Waals surface area contributed by atoms with Crippen molar-refractivity contribution in [2.45, 2.75) is 36.0 Å². The van der Waals surface area contributed by atoms with Gasteiger partial charge in [-0.05, 0) is 17.7 Å². The average molecular weight is 296 g/mol. The Hall–Kier alpha value is -0.460. The molecule has 1 atom stereocenters. The molecule has 0 saturated heterocycles. The number of nitrogens with zero attached hydrogens (tertiary/aromatic N) is 2. The van der Waals surface area contributed by atoms with Crippen molar-refractivity contribution in [1.29, 1.82) is 0 Å². The predicted octanol–water partition coefficient (Wildman–Crippen LogP) is 2.74. The van der Waals surface area contributed by atoms with Gasteiger partial charge in [-0.1, -0.05) is 18.7 Å². The Morgan fingerprint density at radius 3 is 3.22 bits per heavy atom. The molecule has 18 heavy (non-hydrogen) atoms. The molecule has 3 nitrogen and oxygen atoms in total. The van der Waals surface area contributed by atoms with E-state index in [0.717, 1.165) is 39.8 Å². The van der Waals surface area contributed by atoms with E-state index in [-0.39, 0.29) is 5.56 Å². The van der Waals surface area contributed by atoms with Crippen LogP contribution in [0.2, 0.25) is 0 Å². The van der Waals surface area contributed by atoms with Gasteiger partial charge in [0.05, 0.1) is 5.39 Å². The fraction of sp³-hybridized carbons (Fsp3) is 0.500. The summed E-state index contributed by atoms with van der Waals surface area (Å²) in [5.41, 5.74) is 1.47. The van der Waals surface area contributed by atoms with Gasteiger partial charge in [0.2, 0.25) is 0 Å². The van der Waals surface area contributed by atoms with Crippen LogP contribution in [0.25, 0.3) is 10.2 Å². The molecule has 94 valence electrons. The van der Waals surface area contributed by atoms with Gasteiger partial charge >= 0.3 is 0 Å². The Morgan fingerprint density at radius 1 is 1.44 bits per heavy atom. The van der Waals surface area contributed by atoms with Gasteiger partial charge in [0.25, 0.3) is 5.56 Å². The normalized spacial score (nSPS) is 22.2. The Morgan fingerprint density at radius 2 is 2.33 bits per heavy atom. The predicted molar refractivity (Wildman–Crippen MR) is 79.1 cm³/mol. The van der Waals surface area contributed by atoms with Gasteiger partial charge in [-0.3, -0.25) is 9.36 Å². The third kappa shape index (κ3) is 1.52. The monoisotopic (exact) mass is 296 g/mol. The minimum absolute atomic E-state index is 0.191. The van der Waals surface area contributed by atoms with Crippen molar-refractivity contribution in [3.63, 3.8) is 0 Å². The molecule has 2 aliphatic heterocycles. The van der Waals surface area contributed by atoms with E-state index in [1.54, 1.807) is 23.1 Å². The second-order valence-corrected chi connectivity index (χ2v) is 8.32. The molecule has 6 heteroatoms. The number of aromatic nitrogens is 2. The molecule has 2 aromatic rings. The van der Waals surface area contributed by atoms with Gasteiger partial charge < -0.3 is 0 Å². The number of hydrogen-bond donors (Lipinski definition) is 0. The van der Waals surface area contributed by atoms with Crippen LogP contribution >= 0.6 is 34.9 Å². The number of fused-ring (bicyclic) bond motifs is 4. The first-order chi connectivity index (χ1) is 8.74. The summed E-state index contributed by atoms with van der Waals surface area (Å²) in [5.74, 6) is 2.18. The van der Waals surface area contributed by atoms with E-state index in [9.17, 15) is 4.79 Å². The molecule has 1 unspecified atom stereocenters. The maximum atomic E-state index is 12.6. The number of thiophene rings is 1. The van der Waals surface area contributed by atoms with Crippen molar-refractivity contribution in [2.75, 3.05) is 5.75 Å². The first-order valence-corrected chi connectivity index (χ1v) is 8.88. The average Bonchev–Trinajstić information content (AvgIpc) is 2.89. The molecule has 0 aromatic carbocycles. The van der Waals surface area contributed by atoms with E-state index in [1.165, 1.54) is 10.4 Å². The maximum absolute atomic E-state index is 12.6. The lowest BCUT2D eigenvalue weighted by Crippen LogP contribution is -2.22. The van der Waals surface area contributed by atoms with Gasteiger partial charge in [-0.2, -0.15) is 11.8 Å². The first-order valence-electron chi connectivity index (χ1n) is 6.03. The van der Waals surface area contributed by atoms with Crippen molar-refractivity contribution in [3.8, 4) is 0 Å². The molecule has 2 aromatic heterocycles. The molecule has 2 aliphatic rings. The quantitative estimate of drug-likeness (QED) is 0.700. The largest absolute Gasteiger partial charge is 0.286 e. The van der Waals surface area contributed by atoms with Gasteiger partial charge in [0, 0.05) is 22.4 Å². The van der Waals surface area contributed by atoms with Crippen LogP contribution in [0.1, 0.15) is 17.4 Å². The van der Waals surface area contributed by atoms with Crippen LogP contribution < -0.4 is 5.56 Å². The highest BCUT2D eigenvalue weighted by Crippen LogP contribution is 2.37. The zero-order valence-corrected chi connectivity index (χ0v) is 12.4. The van der Waals surface area contributed by atoms with Crippen molar-refractivity contribution >= 4 is 45.1 Å². The Kier molecular flexibility index (Phi) is 2.54. The van der Waals surface area contributed by atoms with Crippen LogP contribution in [0.15, 0.2) is 9.95 Å². The molecular weight excluding hydrogens is 284 g/mol. The topological polar surface area (TPSA) is 34.9 Å². The summed E-state index contributed by atoms with van der Waals surface area (Å²) in [7, 11) is 0. The summed E-state index contributed by atoms with van der Waals surface area (Å²) < 4.78 is 1.87. The molecule has 0 N–H and O–H groups in total. The summed E-state index contributed by atoms with van der Waals surface area (Å²) in [6.07, 6.45) is 1.03. The minimum Gasteiger partial charge on any atom is -0.286 e. The fourth-order valence-corrected chi connectivity index (χ4v) is 6.03. The molecule has 0 amide bonds. The van der Waals surface area contributed by atoms with Gasteiger partial charge in [0.15, 0.2) is 5.16 Å². The lowest BCUT2D eigenvalue weighted by molar-refractivity contribution is 0.629. The number of rotatable bonds is 0. The third-order valence-electron chi connectivity index (χ3n) is 3.44. The molecule has 0 bridgehead atoms. The van der Waals surface area contributed by atoms with Crippen LogP contribution in [-0.4, -0.2) is 20.6 Å². The van der Waals surface area contributed by atoms with Crippen LogP contribution in [0.4, 0.5) is 0 Å². The summed E-state index contributed by atoms with van der Waals surface area (Å²) in [6.45, 7) is 2.96. The molecule has 4 heterocycles. The SMILES string of the molecule is CC1Cn2c(nc3sc4c(c3c2=O)CCSC4)S1. The highest BCUT2D eigenvalue weighted by molar-refractivity contribution is 8.00. The smallest absolute Gasteiger partial charge is 0.263 e. The van der Waals surface area contributed by atoms with E-state index in [1.807, 2.05) is 16.3 Å². The molecule has 0 fully saturated rings. The summed E-state index contributed by atoms with van der Waals surface area (Å²) in [4.78, 5) is 19.6. The molecule has 0 saturated carbocycles. The van der Waals surface area contributed by atoms with Crippen LogP contribution in [0.3, 0.4) is 0 Å². The highest BCUT2D eigenvalue weighted by Gasteiger charge is 2.26. The van der Waals surface area contributed by atoms with Gasteiger partial charge in [-0.15, -0.1) is 11.3 Å². The number of aryl methyl sites for hydroxylation is 1. The van der Waals surface area contributed by atoms with E-state index in [2.05, 4.69) is 6.92 Å².